The van der Waals surface area contributed by atoms with E-state index in [-0.39, 0.29) is 23.7 Å². The van der Waals surface area contributed by atoms with E-state index in [1.165, 1.54) is 0 Å². The summed E-state index contributed by atoms with van der Waals surface area (Å²) in [6.45, 7) is 2.70. The van der Waals surface area contributed by atoms with Crippen LogP contribution in [0.25, 0.3) is 22.4 Å². The van der Waals surface area contributed by atoms with Crippen molar-refractivity contribution < 1.29 is 23.8 Å². The zero-order chi connectivity index (χ0) is 34.5. The van der Waals surface area contributed by atoms with Crippen LogP contribution in [0.15, 0.2) is 60.8 Å². The number of anilines is 2. The Bertz CT molecular complexity index is 1850. The zero-order valence-electron chi connectivity index (χ0n) is 26.9. The molecule has 0 spiro atoms. The number of hydrogen-bond acceptors (Lipinski definition) is 8. The number of aliphatic carboxylic acids is 1. The van der Waals surface area contributed by atoms with Gasteiger partial charge in [0, 0.05) is 66.1 Å². The van der Waals surface area contributed by atoms with Crippen LogP contribution >= 0.6 is 23.2 Å². The highest BCUT2D eigenvalue weighted by Crippen LogP contribution is 2.42. The number of aromatic nitrogens is 2. The Kier molecular flexibility index (Phi) is 10.9. The molecule has 49 heavy (non-hydrogen) atoms. The lowest BCUT2D eigenvalue weighted by atomic mass is 9.97. The summed E-state index contributed by atoms with van der Waals surface area (Å²) in [6.07, 6.45) is 3.99. The Morgan fingerprint density at radius 2 is 1.76 bits per heavy atom. The molecule has 2 saturated heterocycles. The van der Waals surface area contributed by atoms with Gasteiger partial charge in [0.1, 0.15) is 0 Å². The molecule has 4 N–H and O–H groups in total. The number of ether oxygens (including phenoxy) is 1. The fraction of sp³-hybridized carbons (Fsp3) is 0.333. The number of piperidine rings is 1. The van der Waals surface area contributed by atoms with Crippen molar-refractivity contribution in [2.24, 2.45) is 5.92 Å². The standard InChI is InChI=1S/C36H37Cl2FN6O4/c1-49-35-22(18-40-19-24-9-11-30(46)42-24)8-10-28(44-35)27-6-2-4-25(31(27)37)26-5-3-7-29(32(26)38)43-34-33(39)23(12-15-41-34)20-45-16-13-21(14-17-45)36(47)48/h2-8,10,12,15,21,24,40H,9,11,13-14,16-20H2,1H3,(H,41,43)(H,42,46)(H,47,48). The SMILES string of the molecule is COc1nc(-c2cccc(-c3cccc(Nc4nccc(CN5CCC(C(=O)O)CC5)c4F)c3Cl)c2Cl)ccc1CNCC1CCC(=O)N1. The fourth-order valence-electron chi connectivity index (χ4n) is 6.32. The predicted molar refractivity (Wildman–Crippen MR) is 188 cm³/mol. The number of carboxylic acids is 1. The monoisotopic (exact) mass is 706 g/mol. The van der Waals surface area contributed by atoms with Gasteiger partial charge in [-0.25, -0.2) is 14.4 Å². The van der Waals surface area contributed by atoms with Crippen LogP contribution in [0.4, 0.5) is 15.9 Å². The van der Waals surface area contributed by atoms with Crippen molar-refractivity contribution in [1.82, 2.24) is 25.5 Å². The van der Waals surface area contributed by atoms with Crippen molar-refractivity contribution >= 4 is 46.6 Å². The predicted octanol–water partition coefficient (Wildman–Crippen LogP) is 6.67. The molecule has 2 aliphatic heterocycles. The minimum Gasteiger partial charge on any atom is -0.481 e. The van der Waals surface area contributed by atoms with E-state index >= 15 is 4.39 Å². The molecule has 6 rings (SSSR count). The number of methoxy groups -OCH3 is 1. The van der Waals surface area contributed by atoms with E-state index in [4.69, 9.17) is 32.9 Å². The second-order valence-corrected chi connectivity index (χ2v) is 13.0. The van der Waals surface area contributed by atoms with Crippen molar-refractivity contribution in [3.05, 3.63) is 87.8 Å². The summed E-state index contributed by atoms with van der Waals surface area (Å²) in [4.78, 5) is 33.8. The number of amides is 1. The van der Waals surface area contributed by atoms with E-state index in [9.17, 15) is 14.7 Å². The van der Waals surface area contributed by atoms with E-state index < -0.39 is 11.8 Å². The first-order valence-electron chi connectivity index (χ1n) is 16.2. The topological polar surface area (TPSA) is 129 Å². The molecule has 1 unspecified atom stereocenters. The maximum absolute atomic E-state index is 15.7. The quantitative estimate of drug-likeness (QED) is 0.128. The lowest BCUT2D eigenvalue weighted by Gasteiger charge is -2.30. The molecule has 4 aromatic rings. The Morgan fingerprint density at radius 3 is 2.47 bits per heavy atom. The lowest BCUT2D eigenvalue weighted by Crippen LogP contribution is -2.36. The van der Waals surface area contributed by atoms with Gasteiger partial charge in [-0.05, 0) is 50.6 Å². The molecule has 2 fully saturated rings. The number of carbonyl (C=O) groups is 2. The molecule has 4 heterocycles. The van der Waals surface area contributed by atoms with E-state index in [0.717, 1.165) is 12.0 Å². The average Bonchev–Trinajstić information content (AvgIpc) is 3.52. The molecule has 1 atom stereocenters. The van der Waals surface area contributed by atoms with Gasteiger partial charge in [0.15, 0.2) is 11.6 Å². The number of nitrogens with zero attached hydrogens (tertiary/aromatic N) is 3. The maximum Gasteiger partial charge on any atom is 0.306 e. The molecule has 2 aromatic heterocycles. The van der Waals surface area contributed by atoms with Crippen molar-refractivity contribution in [1.29, 1.82) is 0 Å². The van der Waals surface area contributed by atoms with Gasteiger partial charge < -0.3 is 25.8 Å². The number of pyridine rings is 2. The second-order valence-electron chi connectivity index (χ2n) is 12.3. The van der Waals surface area contributed by atoms with Gasteiger partial charge in [-0.15, -0.1) is 0 Å². The number of hydrogen-bond donors (Lipinski definition) is 4. The number of halogens is 3. The summed E-state index contributed by atoms with van der Waals surface area (Å²) in [7, 11) is 1.57. The van der Waals surface area contributed by atoms with Crippen molar-refractivity contribution in [2.75, 3.05) is 32.1 Å². The van der Waals surface area contributed by atoms with Gasteiger partial charge in [-0.1, -0.05) is 59.6 Å². The first kappa shape index (κ1) is 34.6. The number of carbonyl (C=O) groups excluding carboxylic acids is 1. The number of rotatable bonds is 12. The Labute approximate surface area is 294 Å². The van der Waals surface area contributed by atoms with Crippen LogP contribution in [-0.2, 0) is 22.7 Å². The molecule has 0 bridgehead atoms. The third-order valence-corrected chi connectivity index (χ3v) is 9.85. The third kappa shape index (κ3) is 7.96. The normalized spacial score (nSPS) is 16.8. The van der Waals surface area contributed by atoms with E-state index in [1.54, 1.807) is 31.5 Å². The first-order valence-corrected chi connectivity index (χ1v) is 16.9. The second kappa shape index (κ2) is 15.5. The maximum atomic E-state index is 15.7. The number of likely N-dealkylation sites (tertiary alicyclic amines) is 1. The van der Waals surface area contributed by atoms with E-state index in [1.807, 2.05) is 36.4 Å². The summed E-state index contributed by atoms with van der Waals surface area (Å²) in [6, 6.07) is 16.6. The van der Waals surface area contributed by atoms with Crippen molar-refractivity contribution in [2.45, 2.75) is 44.8 Å². The molecule has 2 aromatic carbocycles. The van der Waals surface area contributed by atoms with Gasteiger partial charge in [0.2, 0.25) is 11.8 Å². The summed E-state index contributed by atoms with van der Waals surface area (Å²) in [5.74, 6) is -1.04. The largest absolute Gasteiger partial charge is 0.481 e. The average molecular weight is 708 g/mol. The van der Waals surface area contributed by atoms with Crippen LogP contribution in [0, 0.1) is 11.7 Å². The minimum absolute atomic E-state index is 0.0377. The highest BCUT2D eigenvalue weighted by atomic mass is 35.5. The van der Waals surface area contributed by atoms with Crippen LogP contribution in [0.1, 0.15) is 36.8 Å². The first-order chi connectivity index (χ1) is 23.7. The lowest BCUT2D eigenvalue weighted by molar-refractivity contribution is -0.143. The molecule has 10 nitrogen and oxygen atoms in total. The summed E-state index contributed by atoms with van der Waals surface area (Å²) < 4.78 is 21.3. The number of nitrogens with one attached hydrogen (secondary N) is 3. The zero-order valence-corrected chi connectivity index (χ0v) is 28.5. The highest BCUT2D eigenvalue weighted by Gasteiger charge is 2.26. The minimum atomic E-state index is -0.781. The molecule has 2 aliphatic rings. The van der Waals surface area contributed by atoms with Gasteiger partial charge in [0.25, 0.3) is 0 Å². The van der Waals surface area contributed by atoms with Crippen molar-refractivity contribution in [3.63, 3.8) is 0 Å². The molecule has 0 radical (unpaired) electrons. The Morgan fingerprint density at radius 1 is 1.02 bits per heavy atom. The van der Waals surface area contributed by atoms with Gasteiger partial charge in [-0.3, -0.25) is 14.5 Å². The Balaban J connectivity index is 1.18. The Hall–Kier alpha value is -4.29. The van der Waals surface area contributed by atoms with Crippen LogP contribution in [0.2, 0.25) is 10.0 Å². The molecule has 0 aliphatic carbocycles. The molecule has 256 valence electrons. The van der Waals surface area contributed by atoms with Gasteiger partial charge >= 0.3 is 5.97 Å². The van der Waals surface area contributed by atoms with Crippen LogP contribution in [0.5, 0.6) is 5.88 Å². The van der Waals surface area contributed by atoms with E-state index in [2.05, 4.69) is 25.8 Å². The van der Waals surface area contributed by atoms with Crippen molar-refractivity contribution in [3.8, 4) is 28.3 Å². The van der Waals surface area contributed by atoms with E-state index in [0.29, 0.717) is 102 Å². The molecular weight excluding hydrogens is 670 g/mol. The number of carboxylic acid groups (broad SMARTS) is 1. The smallest absolute Gasteiger partial charge is 0.306 e. The highest BCUT2D eigenvalue weighted by molar-refractivity contribution is 6.39. The molecular formula is C36H37Cl2FN6O4. The van der Waals surface area contributed by atoms with Gasteiger partial charge in [0.05, 0.1) is 34.5 Å². The summed E-state index contributed by atoms with van der Waals surface area (Å²) >= 11 is 13.9. The van der Waals surface area contributed by atoms with Crippen LogP contribution in [-0.4, -0.2) is 64.6 Å². The summed E-state index contributed by atoms with van der Waals surface area (Å²) in [5.41, 5.74) is 4.41. The van der Waals surface area contributed by atoms with Crippen LogP contribution < -0.4 is 20.7 Å². The third-order valence-electron chi connectivity index (χ3n) is 9.04. The summed E-state index contributed by atoms with van der Waals surface area (Å²) in [5, 5.41) is 19.5. The molecule has 1 amide bonds. The molecule has 0 saturated carbocycles. The number of benzene rings is 2. The van der Waals surface area contributed by atoms with Crippen LogP contribution in [0.3, 0.4) is 0 Å². The molecule has 13 heteroatoms. The fourth-order valence-corrected chi connectivity index (χ4v) is 6.92. The van der Waals surface area contributed by atoms with Gasteiger partial charge in [-0.2, -0.15) is 0 Å².